The first-order valence-corrected chi connectivity index (χ1v) is 5.32. The molecule has 0 amide bonds. The van der Waals surface area contributed by atoms with E-state index in [0.717, 1.165) is 16.9 Å². The minimum absolute atomic E-state index is 0.244. The minimum Gasteiger partial charge on any atom is -0.494 e. The predicted molar refractivity (Wildman–Crippen MR) is 61.2 cm³/mol. The van der Waals surface area contributed by atoms with Gasteiger partial charge in [-0.05, 0) is 37.1 Å². The minimum atomic E-state index is -0.244. The van der Waals surface area contributed by atoms with E-state index in [2.05, 4.69) is 0 Å². The summed E-state index contributed by atoms with van der Waals surface area (Å²) in [6.07, 6.45) is 0. The molecule has 0 aliphatic carbocycles. The number of carbonyl (C=O) groups excluding carboxylic acids is 1. The highest BCUT2D eigenvalue weighted by atomic mass is 16.5. The normalized spacial score (nSPS) is 15.2. The van der Waals surface area contributed by atoms with Crippen molar-refractivity contribution in [3.05, 3.63) is 35.4 Å². The number of ether oxygens (including phenoxy) is 2. The van der Waals surface area contributed by atoms with Crippen LogP contribution in [0.5, 0.6) is 5.75 Å². The summed E-state index contributed by atoms with van der Waals surface area (Å²) in [4.78, 5) is 11.5. The average Bonchev–Trinajstić information content (AvgIpc) is 2.59. The Morgan fingerprint density at radius 1 is 1.44 bits per heavy atom. The van der Waals surface area contributed by atoms with Crippen molar-refractivity contribution in [3.63, 3.8) is 0 Å². The molecule has 0 atom stereocenters. The Morgan fingerprint density at radius 3 is 2.88 bits per heavy atom. The lowest BCUT2D eigenvalue weighted by molar-refractivity contribution is -0.134. The molecular formula is C13H14O3. The zero-order valence-corrected chi connectivity index (χ0v) is 9.45. The van der Waals surface area contributed by atoms with Crippen LogP contribution in [0.4, 0.5) is 0 Å². The predicted octanol–water partition coefficient (Wildman–Crippen LogP) is 2.42. The van der Waals surface area contributed by atoms with Gasteiger partial charge in [0.15, 0.2) is 0 Å². The summed E-state index contributed by atoms with van der Waals surface area (Å²) < 4.78 is 10.4. The van der Waals surface area contributed by atoms with Gasteiger partial charge in [0.05, 0.1) is 12.2 Å². The van der Waals surface area contributed by atoms with Crippen LogP contribution < -0.4 is 4.74 Å². The van der Waals surface area contributed by atoms with E-state index in [1.165, 1.54) is 0 Å². The lowest BCUT2D eigenvalue weighted by Crippen LogP contribution is -1.99. The fraction of sp³-hybridized carbons (Fsp3) is 0.308. The molecule has 0 spiro atoms. The van der Waals surface area contributed by atoms with Gasteiger partial charge in [0.2, 0.25) is 0 Å². The van der Waals surface area contributed by atoms with Crippen molar-refractivity contribution in [2.75, 3.05) is 13.2 Å². The molecule has 3 nitrogen and oxygen atoms in total. The van der Waals surface area contributed by atoms with Crippen molar-refractivity contribution in [1.82, 2.24) is 0 Å². The van der Waals surface area contributed by atoms with Gasteiger partial charge in [-0.15, -0.1) is 0 Å². The summed E-state index contributed by atoms with van der Waals surface area (Å²) in [6, 6.07) is 7.53. The van der Waals surface area contributed by atoms with E-state index >= 15 is 0 Å². The molecule has 1 aliphatic rings. The van der Waals surface area contributed by atoms with Crippen LogP contribution in [0.25, 0.3) is 5.57 Å². The quantitative estimate of drug-likeness (QED) is 0.731. The van der Waals surface area contributed by atoms with Crippen molar-refractivity contribution in [2.45, 2.75) is 13.8 Å². The van der Waals surface area contributed by atoms with Gasteiger partial charge in [-0.1, -0.05) is 12.1 Å². The summed E-state index contributed by atoms with van der Waals surface area (Å²) in [5.74, 6) is 0.533. The van der Waals surface area contributed by atoms with E-state index in [9.17, 15) is 4.79 Å². The molecule has 0 N–H and O–H groups in total. The third kappa shape index (κ3) is 1.94. The highest BCUT2D eigenvalue weighted by Crippen LogP contribution is 2.28. The van der Waals surface area contributed by atoms with Gasteiger partial charge >= 0.3 is 5.97 Å². The number of benzene rings is 1. The highest BCUT2D eigenvalue weighted by molar-refractivity contribution is 6.19. The third-order valence-corrected chi connectivity index (χ3v) is 2.48. The Kier molecular flexibility index (Phi) is 2.95. The van der Waals surface area contributed by atoms with Crippen LogP contribution in [-0.2, 0) is 9.53 Å². The van der Waals surface area contributed by atoms with Crippen LogP contribution in [0.15, 0.2) is 29.8 Å². The van der Waals surface area contributed by atoms with Crippen molar-refractivity contribution in [1.29, 1.82) is 0 Å². The topological polar surface area (TPSA) is 35.5 Å². The van der Waals surface area contributed by atoms with Gasteiger partial charge in [-0.25, -0.2) is 4.79 Å². The van der Waals surface area contributed by atoms with E-state index < -0.39 is 0 Å². The molecular weight excluding hydrogens is 204 g/mol. The number of hydrogen-bond donors (Lipinski definition) is 0. The standard InChI is InChI=1S/C13H14O3/c1-3-15-11-6-4-5-10(7-11)12-9(2)8-16-13(12)14/h4-7H,3,8H2,1-2H3. The molecule has 0 unspecified atom stereocenters. The number of carbonyl (C=O) groups is 1. The third-order valence-electron chi connectivity index (χ3n) is 2.48. The summed E-state index contributed by atoms with van der Waals surface area (Å²) in [7, 11) is 0. The van der Waals surface area contributed by atoms with Gasteiger partial charge in [-0.3, -0.25) is 0 Å². The smallest absolute Gasteiger partial charge is 0.339 e. The molecule has 1 aliphatic heterocycles. The van der Waals surface area contributed by atoms with Crippen LogP contribution in [0.2, 0.25) is 0 Å². The molecule has 16 heavy (non-hydrogen) atoms. The SMILES string of the molecule is CCOc1cccc(C2=C(C)COC2=O)c1. The Hall–Kier alpha value is -1.77. The molecule has 3 heteroatoms. The molecule has 1 aromatic rings. The van der Waals surface area contributed by atoms with Gasteiger partial charge in [-0.2, -0.15) is 0 Å². The molecule has 0 saturated heterocycles. The Morgan fingerprint density at radius 2 is 2.25 bits per heavy atom. The lowest BCUT2D eigenvalue weighted by atomic mass is 10.0. The van der Waals surface area contributed by atoms with Crippen LogP contribution in [0.3, 0.4) is 0 Å². The zero-order chi connectivity index (χ0) is 11.5. The van der Waals surface area contributed by atoms with E-state index in [4.69, 9.17) is 9.47 Å². The average molecular weight is 218 g/mol. The maximum Gasteiger partial charge on any atom is 0.339 e. The summed E-state index contributed by atoms with van der Waals surface area (Å²) in [5.41, 5.74) is 2.51. The van der Waals surface area contributed by atoms with E-state index in [1.807, 2.05) is 38.1 Å². The molecule has 1 heterocycles. The van der Waals surface area contributed by atoms with Crippen LogP contribution in [0.1, 0.15) is 19.4 Å². The van der Waals surface area contributed by atoms with Gasteiger partial charge < -0.3 is 9.47 Å². The van der Waals surface area contributed by atoms with E-state index in [1.54, 1.807) is 0 Å². The summed E-state index contributed by atoms with van der Waals surface area (Å²) >= 11 is 0. The zero-order valence-electron chi connectivity index (χ0n) is 9.45. The largest absolute Gasteiger partial charge is 0.494 e. The molecule has 84 valence electrons. The summed E-state index contributed by atoms with van der Waals surface area (Å²) in [6.45, 7) is 4.85. The fourth-order valence-corrected chi connectivity index (χ4v) is 1.76. The Labute approximate surface area is 94.7 Å². The summed E-state index contributed by atoms with van der Waals surface area (Å²) in [5, 5.41) is 0. The fourth-order valence-electron chi connectivity index (χ4n) is 1.76. The highest BCUT2D eigenvalue weighted by Gasteiger charge is 2.23. The number of hydrogen-bond acceptors (Lipinski definition) is 3. The van der Waals surface area contributed by atoms with Crippen LogP contribution >= 0.6 is 0 Å². The first-order chi connectivity index (χ1) is 7.72. The molecule has 0 radical (unpaired) electrons. The second-order valence-electron chi connectivity index (χ2n) is 3.69. The molecule has 0 bridgehead atoms. The van der Waals surface area contributed by atoms with Crippen molar-refractivity contribution in [3.8, 4) is 5.75 Å². The number of rotatable bonds is 3. The maximum atomic E-state index is 11.5. The maximum absolute atomic E-state index is 11.5. The Bertz CT molecular complexity index is 446. The number of cyclic esters (lactones) is 1. The molecule has 2 rings (SSSR count). The lowest BCUT2D eigenvalue weighted by Gasteiger charge is -2.05. The van der Waals surface area contributed by atoms with Crippen LogP contribution in [0, 0.1) is 0 Å². The monoisotopic (exact) mass is 218 g/mol. The van der Waals surface area contributed by atoms with Crippen molar-refractivity contribution < 1.29 is 14.3 Å². The van der Waals surface area contributed by atoms with Crippen molar-refractivity contribution in [2.24, 2.45) is 0 Å². The van der Waals surface area contributed by atoms with E-state index in [0.29, 0.717) is 18.8 Å². The second kappa shape index (κ2) is 4.39. The molecule has 0 fully saturated rings. The second-order valence-corrected chi connectivity index (χ2v) is 3.69. The first-order valence-electron chi connectivity index (χ1n) is 5.32. The Balaban J connectivity index is 2.37. The van der Waals surface area contributed by atoms with Gasteiger partial charge in [0.25, 0.3) is 0 Å². The first kappa shape index (κ1) is 10.7. The van der Waals surface area contributed by atoms with Crippen molar-refractivity contribution >= 4 is 11.5 Å². The van der Waals surface area contributed by atoms with E-state index in [-0.39, 0.29) is 5.97 Å². The molecule has 0 aromatic heterocycles. The number of esters is 1. The molecule has 0 saturated carbocycles. The van der Waals surface area contributed by atoms with Gasteiger partial charge in [0, 0.05) is 0 Å². The van der Waals surface area contributed by atoms with Gasteiger partial charge in [0.1, 0.15) is 12.4 Å². The molecule has 1 aromatic carbocycles. The van der Waals surface area contributed by atoms with Crippen LogP contribution in [-0.4, -0.2) is 19.2 Å².